The molecule has 1 heterocycles. The van der Waals surface area contributed by atoms with E-state index >= 15 is 0 Å². The fourth-order valence-electron chi connectivity index (χ4n) is 1.94. The maximum atomic E-state index is 5.33. The second-order valence-electron chi connectivity index (χ2n) is 3.94. The lowest BCUT2D eigenvalue weighted by Gasteiger charge is -2.25. The number of rotatable bonds is 2. The molecule has 0 radical (unpaired) electrons. The zero-order chi connectivity index (χ0) is 10.7. The molecule has 1 atom stereocenters. The van der Waals surface area contributed by atoms with Crippen LogP contribution < -0.4 is 15.4 Å². The summed E-state index contributed by atoms with van der Waals surface area (Å²) < 4.78 is 5.33. The molecule has 2 N–H and O–H groups in total. The van der Waals surface area contributed by atoms with Crippen molar-refractivity contribution in [1.29, 1.82) is 0 Å². The third kappa shape index (κ3) is 2.30. The van der Waals surface area contributed by atoms with Gasteiger partial charge in [-0.15, -0.1) is 0 Å². The molecule has 0 aromatic heterocycles. The van der Waals surface area contributed by atoms with E-state index in [0.717, 1.165) is 25.4 Å². The number of hydrogen-bond acceptors (Lipinski definition) is 3. The summed E-state index contributed by atoms with van der Waals surface area (Å²) in [5.41, 5.74) is 2.48. The summed E-state index contributed by atoms with van der Waals surface area (Å²) in [6.45, 7) is 5.14. The summed E-state index contributed by atoms with van der Waals surface area (Å²) in [6.07, 6.45) is 0. The Morgan fingerprint density at radius 2 is 2.20 bits per heavy atom. The molecule has 3 nitrogen and oxygen atoms in total. The lowest BCUT2D eigenvalue weighted by molar-refractivity contribution is 0.404. The molecule has 82 valence electrons. The third-order valence-electron chi connectivity index (χ3n) is 2.88. The number of aryl methyl sites for hydroxylation is 1. The van der Waals surface area contributed by atoms with E-state index in [-0.39, 0.29) is 0 Å². The van der Waals surface area contributed by atoms with Gasteiger partial charge in [0.2, 0.25) is 0 Å². The predicted octanol–water partition coefficient (Wildman–Crippen LogP) is 1.24. The standard InChI is InChI=1S/C12H18N2O/c1-9-3-4-10(7-12(9)15-2)11-8-13-5-6-14-11/h3-4,7,11,13-14H,5-6,8H2,1-2H3/t11-/m1/s1. The first-order chi connectivity index (χ1) is 7.31. The molecule has 1 fully saturated rings. The minimum atomic E-state index is 0.410. The molecule has 0 bridgehead atoms. The van der Waals surface area contributed by atoms with Crippen molar-refractivity contribution in [3.05, 3.63) is 29.3 Å². The fourth-order valence-corrected chi connectivity index (χ4v) is 1.94. The Morgan fingerprint density at radius 3 is 2.87 bits per heavy atom. The van der Waals surface area contributed by atoms with Crippen LogP contribution in [-0.4, -0.2) is 26.7 Å². The molecule has 0 amide bonds. The van der Waals surface area contributed by atoms with E-state index < -0.39 is 0 Å². The largest absolute Gasteiger partial charge is 0.496 e. The molecule has 0 aliphatic carbocycles. The van der Waals surface area contributed by atoms with E-state index in [0.29, 0.717) is 6.04 Å². The lowest BCUT2D eigenvalue weighted by Crippen LogP contribution is -2.42. The second-order valence-corrected chi connectivity index (χ2v) is 3.94. The first-order valence-electron chi connectivity index (χ1n) is 5.40. The molecular weight excluding hydrogens is 188 g/mol. The van der Waals surface area contributed by atoms with Crippen molar-refractivity contribution in [2.24, 2.45) is 0 Å². The molecule has 1 aliphatic rings. The molecule has 1 saturated heterocycles. The molecule has 3 heteroatoms. The zero-order valence-corrected chi connectivity index (χ0v) is 9.34. The molecular formula is C12H18N2O. The number of hydrogen-bond donors (Lipinski definition) is 2. The van der Waals surface area contributed by atoms with E-state index in [1.165, 1.54) is 11.1 Å². The minimum Gasteiger partial charge on any atom is -0.496 e. The molecule has 1 aromatic rings. The zero-order valence-electron chi connectivity index (χ0n) is 9.34. The highest BCUT2D eigenvalue weighted by Gasteiger charge is 2.14. The molecule has 2 rings (SSSR count). The van der Waals surface area contributed by atoms with Crippen LogP contribution >= 0.6 is 0 Å². The van der Waals surface area contributed by atoms with Gasteiger partial charge in [0.1, 0.15) is 5.75 Å². The van der Waals surface area contributed by atoms with Gasteiger partial charge < -0.3 is 15.4 Å². The molecule has 0 spiro atoms. The topological polar surface area (TPSA) is 33.3 Å². The Kier molecular flexibility index (Phi) is 3.23. The summed E-state index contributed by atoms with van der Waals surface area (Å²) in [7, 11) is 1.72. The van der Waals surface area contributed by atoms with Crippen molar-refractivity contribution < 1.29 is 4.74 Å². The SMILES string of the molecule is COc1cc([C@H]2CNCCN2)ccc1C. The van der Waals surface area contributed by atoms with Gasteiger partial charge in [-0.1, -0.05) is 12.1 Å². The van der Waals surface area contributed by atoms with Crippen LogP contribution in [0.3, 0.4) is 0 Å². The number of piperazine rings is 1. The van der Waals surface area contributed by atoms with Crippen LogP contribution in [0.5, 0.6) is 5.75 Å². The van der Waals surface area contributed by atoms with E-state index in [2.05, 4.69) is 35.8 Å². The van der Waals surface area contributed by atoms with Crippen molar-refractivity contribution in [3.63, 3.8) is 0 Å². The summed E-state index contributed by atoms with van der Waals surface area (Å²) in [5, 5.41) is 6.87. The third-order valence-corrected chi connectivity index (χ3v) is 2.88. The van der Waals surface area contributed by atoms with Gasteiger partial charge in [0.05, 0.1) is 7.11 Å². The van der Waals surface area contributed by atoms with E-state index in [4.69, 9.17) is 4.74 Å². The van der Waals surface area contributed by atoms with Gasteiger partial charge >= 0.3 is 0 Å². The Balaban J connectivity index is 2.20. The second kappa shape index (κ2) is 4.64. The van der Waals surface area contributed by atoms with Gasteiger partial charge in [-0.2, -0.15) is 0 Å². The van der Waals surface area contributed by atoms with Crippen molar-refractivity contribution in [2.45, 2.75) is 13.0 Å². The van der Waals surface area contributed by atoms with Crippen LogP contribution in [0.2, 0.25) is 0 Å². The van der Waals surface area contributed by atoms with Gasteiger partial charge in [-0.25, -0.2) is 0 Å². The van der Waals surface area contributed by atoms with E-state index in [1.807, 2.05) is 0 Å². The summed E-state index contributed by atoms with van der Waals surface area (Å²) in [6, 6.07) is 6.82. The van der Waals surface area contributed by atoms with Crippen LogP contribution in [0.4, 0.5) is 0 Å². The fraction of sp³-hybridized carbons (Fsp3) is 0.500. The van der Waals surface area contributed by atoms with Gasteiger partial charge in [0.25, 0.3) is 0 Å². The monoisotopic (exact) mass is 206 g/mol. The van der Waals surface area contributed by atoms with Crippen LogP contribution in [0, 0.1) is 6.92 Å². The summed E-state index contributed by atoms with van der Waals surface area (Å²) in [5.74, 6) is 0.972. The highest BCUT2D eigenvalue weighted by atomic mass is 16.5. The van der Waals surface area contributed by atoms with Crippen molar-refractivity contribution in [2.75, 3.05) is 26.7 Å². The van der Waals surface area contributed by atoms with Gasteiger partial charge in [-0.3, -0.25) is 0 Å². The van der Waals surface area contributed by atoms with Crippen LogP contribution in [0.1, 0.15) is 17.2 Å². The van der Waals surface area contributed by atoms with Crippen LogP contribution in [0.15, 0.2) is 18.2 Å². The summed E-state index contributed by atoms with van der Waals surface area (Å²) in [4.78, 5) is 0. The average Bonchev–Trinajstić information content (AvgIpc) is 2.31. The molecule has 0 unspecified atom stereocenters. The van der Waals surface area contributed by atoms with Crippen molar-refractivity contribution >= 4 is 0 Å². The van der Waals surface area contributed by atoms with Gasteiger partial charge in [-0.05, 0) is 24.1 Å². The number of ether oxygens (including phenoxy) is 1. The smallest absolute Gasteiger partial charge is 0.122 e. The Morgan fingerprint density at radius 1 is 1.33 bits per heavy atom. The van der Waals surface area contributed by atoms with E-state index in [9.17, 15) is 0 Å². The molecule has 0 saturated carbocycles. The predicted molar refractivity (Wildman–Crippen MR) is 61.3 cm³/mol. The van der Waals surface area contributed by atoms with E-state index in [1.54, 1.807) is 7.11 Å². The average molecular weight is 206 g/mol. The maximum Gasteiger partial charge on any atom is 0.122 e. The van der Waals surface area contributed by atoms with Crippen molar-refractivity contribution in [3.8, 4) is 5.75 Å². The number of methoxy groups -OCH3 is 1. The Labute approximate surface area is 90.8 Å². The molecule has 1 aromatic carbocycles. The quantitative estimate of drug-likeness (QED) is 0.763. The van der Waals surface area contributed by atoms with Crippen LogP contribution in [-0.2, 0) is 0 Å². The maximum absolute atomic E-state index is 5.33. The lowest BCUT2D eigenvalue weighted by atomic mass is 10.0. The molecule has 1 aliphatic heterocycles. The van der Waals surface area contributed by atoms with Crippen LogP contribution in [0.25, 0.3) is 0 Å². The highest BCUT2D eigenvalue weighted by Crippen LogP contribution is 2.23. The van der Waals surface area contributed by atoms with Crippen molar-refractivity contribution in [1.82, 2.24) is 10.6 Å². The highest BCUT2D eigenvalue weighted by molar-refractivity contribution is 5.38. The summed E-state index contributed by atoms with van der Waals surface area (Å²) >= 11 is 0. The first-order valence-corrected chi connectivity index (χ1v) is 5.40. The minimum absolute atomic E-state index is 0.410. The van der Waals surface area contributed by atoms with Gasteiger partial charge in [0, 0.05) is 25.7 Å². The Hall–Kier alpha value is -1.06. The first kappa shape index (κ1) is 10.5. The number of nitrogens with one attached hydrogen (secondary N) is 2. The number of benzene rings is 1. The Bertz CT molecular complexity index is 332. The van der Waals surface area contributed by atoms with Gasteiger partial charge in [0.15, 0.2) is 0 Å². The normalized spacial score (nSPS) is 21.3. The molecule has 15 heavy (non-hydrogen) atoms.